The van der Waals surface area contributed by atoms with Crippen molar-refractivity contribution in [3.05, 3.63) is 35.9 Å². The van der Waals surface area contributed by atoms with E-state index in [1.807, 2.05) is 25.2 Å². The van der Waals surface area contributed by atoms with Gasteiger partial charge < -0.3 is 15.8 Å². The van der Waals surface area contributed by atoms with Crippen LogP contribution in [0.1, 0.15) is 18.4 Å². The summed E-state index contributed by atoms with van der Waals surface area (Å²) in [5.74, 6) is 0.0803. The summed E-state index contributed by atoms with van der Waals surface area (Å²) in [5, 5.41) is 2.93. The van der Waals surface area contributed by atoms with Crippen LogP contribution in [-0.2, 0) is 16.1 Å². The Morgan fingerprint density at radius 1 is 1.43 bits per heavy atom. The molecule has 21 heavy (non-hydrogen) atoms. The van der Waals surface area contributed by atoms with Crippen LogP contribution in [0.25, 0.3) is 0 Å². The number of rotatable bonds is 7. The lowest BCUT2D eigenvalue weighted by molar-refractivity contribution is -0.125. The molecule has 3 N–H and O–H groups in total. The van der Waals surface area contributed by atoms with Gasteiger partial charge in [0, 0.05) is 13.1 Å². The lowest BCUT2D eigenvalue weighted by atomic mass is 10.2. The Kier molecular flexibility index (Phi) is 6.17. The molecule has 0 saturated carbocycles. The van der Waals surface area contributed by atoms with Crippen LogP contribution in [0.2, 0.25) is 0 Å². The highest BCUT2D eigenvalue weighted by Gasteiger charge is 2.34. The van der Waals surface area contributed by atoms with Gasteiger partial charge in [0.15, 0.2) is 0 Å². The molecule has 2 atom stereocenters. The van der Waals surface area contributed by atoms with E-state index in [2.05, 4.69) is 22.3 Å². The van der Waals surface area contributed by atoms with Gasteiger partial charge in [-0.05, 0) is 32.0 Å². The van der Waals surface area contributed by atoms with E-state index in [0.717, 1.165) is 24.9 Å². The second-order valence-corrected chi connectivity index (χ2v) is 5.54. The number of nitrogens with zero attached hydrogens (tertiary/aromatic N) is 1. The first kappa shape index (κ1) is 15.9. The first-order chi connectivity index (χ1) is 10.2. The fourth-order valence-electron chi connectivity index (χ4n) is 2.60. The van der Waals surface area contributed by atoms with E-state index in [1.54, 1.807) is 0 Å². The summed E-state index contributed by atoms with van der Waals surface area (Å²) in [6, 6.07) is 10.0. The fraction of sp³-hybridized carbons (Fsp3) is 0.562. The van der Waals surface area contributed by atoms with E-state index < -0.39 is 0 Å². The molecule has 1 unspecified atom stereocenters. The summed E-state index contributed by atoms with van der Waals surface area (Å²) < 4.78 is 5.92. The first-order valence-electron chi connectivity index (χ1n) is 7.54. The summed E-state index contributed by atoms with van der Waals surface area (Å²) in [6.45, 7) is 2.64. The van der Waals surface area contributed by atoms with Crippen LogP contribution in [0.3, 0.4) is 0 Å². The minimum absolute atomic E-state index is 0.0803. The second kappa shape index (κ2) is 8.12. The van der Waals surface area contributed by atoms with Crippen LogP contribution in [-0.4, -0.2) is 49.6 Å². The maximum atomic E-state index is 12.1. The molecule has 1 aliphatic heterocycles. The van der Waals surface area contributed by atoms with Crippen molar-refractivity contribution in [2.24, 2.45) is 5.73 Å². The molecular weight excluding hydrogens is 266 g/mol. The third kappa shape index (κ3) is 4.81. The molecule has 5 nitrogen and oxygen atoms in total. The molecule has 5 heteroatoms. The van der Waals surface area contributed by atoms with Crippen LogP contribution in [0, 0.1) is 0 Å². The average molecular weight is 291 g/mol. The lowest BCUT2D eigenvalue weighted by Crippen LogP contribution is -2.41. The van der Waals surface area contributed by atoms with E-state index in [0.29, 0.717) is 19.7 Å². The molecule has 1 aromatic rings. The molecular formula is C16H25N3O2. The largest absolute Gasteiger partial charge is 0.372 e. The number of hydrogen-bond donors (Lipinski definition) is 2. The number of likely N-dealkylation sites (tertiary alicyclic amines) is 1. The number of nitrogens with one attached hydrogen (secondary N) is 1. The third-order valence-corrected chi connectivity index (χ3v) is 3.82. The zero-order chi connectivity index (χ0) is 15.1. The Balaban J connectivity index is 1.76. The van der Waals surface area contributed by atoms with Crippen LogP contribution in [0.4, 0.5) is 0 Å². The van der Waals surface area contributed by atoms with Crippen molar-refractivity contribution in [1.82, 2.24) is 10.2 Å². The van der Waals surface area contributed by atoms with Crippen molar-refractivity contribution in [2.75, 3.05) is 26.7 Å². The molecule has 0 aliphatic carbocycles. The number of nitrogens with two attached hydrogens (primary N) is 1. The molecule has 1 aromatic carbocycles. The Bertz CT molecular complexity index is 438. The topological polar surface area (TPSA) is 67.6 Å². The number of carbonyl (C=O) groups is 1. The number of ether oxygens (including phenoxy) is 1. The second-order valence-electron chi connectivity index (χ2n) is 5.54. The molecule has 1 amide bonds. The summed E-state index contributed by atoms with van der Waals surface area (Å²) in [7, 11) is 1.97. The normalized spacial score (nSPS) is 22.4. The number of hydrogen-bond acceptors (Lipinski definition) is 4. The van der Waals surface area contributed by atoms with Gasteiger partial charge in [-0.2, -0.15) is 0 Å². The molecule has 1 heterocycles. The maximum Gasteiger partial charge on any atom is 0.237 e. The first-order valence-corrected chi connectivity index (χ1v) is 7.54. The quantitative estimate of drug-likeness (QED) is 0.727. The summed E-state index contributed by atoms with van der Waals surface area (Å²) in [6.07, 6.45) is 1.67. The number of likely N-dealkylation sites (N-methyl/N-ethyl adjacent to an activating group) is 1. The highest BCUT2D eigenvalue weighted by molar-refractivity contribution is 5.82. The van der Waals surface area contributed by atoms with Gasteiger partial charge in [0.05, 0.1) is 18.8 Å². The van der Waals surface area contributed by atoms with Crippen LogP contribution in [0.15, 0.2) is 30.3 Å². The van der Waals surface area contributed by atoms with Gasteiger partial charge in [-0.15, -0.1) is 0 Å². The highest BCUT2D eigenvalue weighted by atomic mass is 16.5. The Hall–Kier alpha value is -1.43. The maximum absolute atomic E-state index is 12.1. The molecule has 0 spiro atoms. The monoisotopic (exact) mass is 291 g/mol. The molecule has 1 saturated heterocycles. The van der Waals surface area contributed by atoms with Gasteiger partial charge in [-0.1, -0.05) is 30.3 Å². The Morgan fingerprint density at radius 3 is 2.90 bits per heavy atom. The van der Waals surface area contributed by atoms with Crippen LogP contribution >= 0.6 is 0 Å². The SMILES string of the molecule is CN1CC(OCc2ccccc2)C[C@H]1C(=O)NCCCN. The van der Waals surface area contributed by atoms with E-state index >= 15 is 0 Å². The Labute approximate surface area is 126 Å². The highest BCUT2D eigenvalue weighted by Crippen LogP contribution is 2.20. The number of amides is 1. The molecule has 116 valence electrons. The van der Waals surface area contributed by atoms with Gasteiger partial charge in [-0.25, -0.2) is 0 Å². The molecule has 0 aromatic heterocycles. The van der Waals surface area contributed by atoms with Gasteiger partial charge in [0.2, 0.25) is 5.91 Å². The number of carbonyl (C=O) groups excluding carboxylic acids is 1. The number of benzene rings is 1. The zero-order valence-corrected chi connectivity index (χ0v) is 12.6. The lowest BCUT2D eigenvalue weighted by Gasteiger charge is -2.17. The minimum Gasteiger partial charge on any atom is -0.372 e. The standard InChI is InChI=1S/C16H25N3O2/c1-19-11-14(21-12-13-6-3-2-4-7-13)10-15(19)16(20)18-9-5-8-17/h2-4,6-7,14-15H,5,8-12,17H2,1H3,(H,18,20)/t14?,15-/m0/s1. The molecule has 0 bridgehead atoms. The molecule has 1 fully saturated rings. The van der Waals surface area contributed by atoms with Crippen molar-refractivity contribution >= 4 is 5.91 Å². The summed E-state index contributed by atoms with van der Waals surface area (Å²) >= 11 is 0. The van der Waals surface area contributed by atoms with E-state index in [-0.39, 0.29) is 18.1 Å². The van der Waals surface area contributed by atoms with Gasteiger partial charge in [-0.3, -0.25) is 9.69 Å². The van der Waals surface area contributed by atoms with Crippen molar-refractivity contribution in [2.45, 2.75) is 31.6 Å². The van der Waals surface area contributed by atoms with Crippen molar-refractivity contribution in [3.63, 3.8) is 0 Å². The fourth-order valence-corrected chi connectivity index (χ4v) is 2.60. The van der Waals surface area contributed by atoms with Crippen molar-refractivity contribution < 1.29 is 9.53 Å². The minimum atomic E-state index is -0.0939. The summed E-state index contributed by atoms with van der Waals surface area (Å²) in [5.41, 5.74) is 6.59. The van der Waals surface area contributed by atoms with Crippen LogP contribution < -0.4 is 11.1 Å². The summed E-state index contributed by atoms with van der Waals surface area (Å²) in [4.78, 5) is 14.2. The van der Waals surface area contributed by atoms with E-state index in [9.17, 15) is 4.79 Å². The van der Waals surface area contributed by atoms with Gasteiger partial charge >= 0.3 is 0 Å². The van der Waals surface area contributed by atoms with Gasteiger partial charge in [0.25, 0.3) is 0 Å². The van der Waals surface area contributed by atoms with Crippen molar-refractivity contribution in [3.8, 4) is 0 Å². The Morgan fingerprint density at radius 2 is 2.19 bits per heavy atom. The van der Waals surface area contributed by atoms with E-state index in [4.69, 9.17) is 10.5 Å². The molecule has 1 aliphatic rings. The third-order valence-electron chi connectivity index (χ3n) is 3.82. The van der Waals surface area contributed by atoms with E-state index in [1.165, 1.54) is 0 Å². The zero-order valence-electron chi connectivity index (χ0n) is 12.6. The van der Waals surface area contributed by atoms with Crippen LogP contribution in [0.5, 0.6) is 0 Å². The predicted octanol–water partition coefficient (Wildman–Crippen LogP) is 0.741. The molecule has 0 radical (unpaired) electrons. The predicted molar refractivity (Wildman–Crippen MR) is 82.7 cm³/mol. The van der Waals surface area contributed by atoms with Crippen molar-refractivity contribution in [1.29, 1.82) is 0 Å². The van der Waals surface area contributed by atoms with Gasteiger partial charge in [0.1, 0.15) is 0 Å². The molecule has 2 rings (SSSR count). The smallest absolute Gasteiger partial charge is 0.237 e. The average Bonchev–Trinajstić information content (AvgIpc) is 2.87.